The molecule has 0 bridgehead atoms. The third kappa shape index (κ3) is 5.95. The summed E-state index contributed by atoms with van der Waals surface area (Å²) < 4.78 is 23.6. The van der Waals surface area contributed by atoms with Crippen LogP contribution in [-0.2, 0) is 20.9 Å². The molecule has 2 aromatic rings. The topological polar surface area (TPSA) is 55.8 Å². The Balaban J connectivity index is 1.90. The van der Waals surface area contributed by atoms with Gasteiger partial charge in [0, 0.05) is 19.7 Å². The van der Waals surface area contributed by atoms with Gasteiger partial charge < -0.3 is 14.4 Å². The van der Waals surface area contributed by atoms with Crippen LogP contribution in [0.1, 0.15) is 18.1 Å². The summed E-state index contributed by atoms with van der Waals surface area (Å²) >= 11 is 0. The van der Waals surface area contributed by atoms with Gasteiger partial charge in [0.25, 0.3) is 5.91 Å². The maximum atomic E-state index is 13.6. The van der Waals surface area contributed by atoms with Crippen molar-refractivity contribution in [2.75, 3.05) is 14.2 Å². The fraction of sp³-hybridized carbons (Fsp3) is 0.238. The maximum Gasteiger partial charge on any atom is 0.331 e. The van der Waals surface area contributed by atoms with Gasteiger partial charge in [-0.1, -0.05) is 36.4 Å². The molecule has 0 unspecified atom stereocenters. The molecule has 5 nitrogen and oxygen atoms in total. The number of likely N-dealkylation sites (N-methyl/N-ethyl adjacent to an activating group) is 1. The van der Waals surface area contributed by atoms with Gasteiger partial charge in [-0.3, -0.25) is 4.79 Å². The second-order valence-corrected chi connectivity index (χ2v) is 5.99. The molecular weight excluding hydrogens is 349 g/mol. The molecule has 0 spiro atoms. The Morgan fingerprint density at radius 2 is 1.89 bits per heavy atom. The van der Waals surface area contributed by atoms with Crippen molar-refractivity contribution in [3.05, 3.63) is 71.6 Å². The third-order valence-electron chi connectivity index (χ3n) is 3.87. The van der Waals surface area contributed by atoms with Crippen molar-refractivity contribution in [1.29, 1.82) is 0 Å². The highest BCUT2D eigenvalue weighted by atomic mass is 19.1. The van der Waals surface area contributed by atoms with Crippen LogP contribution < -0.4 is 4.74 Å². The summed E-state index contributed by atoms with van der Waals surface area (Å²) in [6.45, 7) is 1.94. The molecule has 1 atom stereocenters. The van der Waals surface area contributed by atoms with Gasteiger partial charge in [-0.15, -0.1) is 0 Å². The lowest BCUT2D eigenvalue weighted by Crippen LogP contribution is -2.36. The van der Waals surface area contributed by atoms with Gasteiger partial charge >= 0.3 is 5.97 Å². The molecule has 0 aliphatic heterocycles. The minimum atomic E-state index is -0.927. The lowest BCUT2D eigenvalue weighted by Gasteiger charge is -2.21. The standard InChI is InChI=1S/C21H22FNO4/c1-15(21(25)23(2)14-17-7-5-4-6-8-17)27-20(24)12-10-16-9-11-19(26-3)18(22)13-16/h4-13,15H,14H2,1-3H3/b12-10+/t15-/m0/s1. The SMILES string of the molecule is COc1ccc(/C=C/C(=O)O[C@@H](C)C(=O)N(C)Cc2ccccc2)cc1F. The maximum absolute atomic E-state index is 13.6. The molecule has 2 rings (SSSR count). The molecule has 27 heavy (non-hydrogen) atoms. The van der Waals surface area contributed by atoms with Crippen molar-refractivity contribution in [2.45, 2.75) is 19.6 Å². The minimum Gasteiger partial charge on any atom is -0.494 e. The zero-order valence-electron chi connectivity index (χ0n) is 15.5. The predicted octanol–water partition coefficient (Wildman–Crippen LogP) is 3.44. The molecular formula is C21H22FNO4. The Bertz CT molecular complexity index is 820. The van der Waals surface area contributed by atoms with E-state index in [1.54, 1.807) is 13.1 Å². The number of amides is 1. The molecule has 0 saturated heterocycles. The van der Waals surface area contributed by atoms with E-state index in [4.69, 9.17) is 9.47 Å². The van der Waals surface area contributed by atoms with Crippen molar-refractivity contribution in [1.82, 2.24) is 4.90 Å². The lowest BCUT2D eigenvalue weighted by atomic mass is 10.2. The van der Waals surface area contributed by atoms with E-state index in [2.05, 4.69) is 0 Å². The number of benzene rings is 2. The Morgan fingerprint density at radius 3 is 2.52 bits per heavy atom. The fourth-order valence-corrected chi connectivity index (χ4v) is 2.46. The number of ether oxygens (including phenoxy) is 2. The molecule has 142 valence electrons. The van der Waals surface area contributed by atoms with Crippen LogP contribution in [-0.4, -0.2) is 37.0 Å². The lowest BCUT2D eigenvalue weighted by molar-refractivity contribution is -0.154. The van der Waals surface area contributed by atoms with Crippen LogP contribution in [0.2, 0.25) is 0 Å². The van der Waals surface area contributed by atoms with Crippen LogP contribution in [0.3, 0.4) is 0 Å². The molecule has 2 aromatic carbocycles. The van der Waals surface area contributed by atoms with E-state index in [-0.39, 0.29) is 11.7 Å². The summed E-state index contributed by atoms with van der Waals surface area (Å²) in [7, 11) is 3.02. The molecule has 0 saturated carbocycles. The third-order valence-corrected chi connectivity index (χ3v) is 3.87. The largest absolute Gasteiger partial charge is 0.494 e. The van der Waals surface area contributed by atoms with Crippen molar-refractivity contribution < 1.29 is 23.5 Å². The molecule has 6 heteroatoms. The number of halogens is 1. The van der Waals surface area contributed by atoms with Gasteiger partial charge in [-0.05, 0) is 36.3 Å². The van der Waals surface area contributed by atoms with Crippen LogP contribution >= 0.6 is 0 Å². The Kier molecular flexibility index (Phi) is 7.11. The number of carbonyl (C=O) groups excluding carboxylic acids is 2. The summed E-state index contributed by atoms with van der Waals surface area (Å²) in [4.78, 5) is 25.8. The van der Waals surface area contributed by atoms with Gasteiger partial charge in [0.05, 0.1) is 7.11 Å². The fourth-order valence-electron chi connectivity index (χ4n) is 2.46. The molecule has 0 fully saturated rings. The Morgan fingerprint density at radius 1 is 1.19 bits per heavy atom. The molecule has 0 aliphatic rings. The molecule has 1 amide bonds. The number of hydrogen-bond donors (Lipinski definition) is 0. The monoisotopic (exact) mass is 371 g/mol. The molecule has 0 N–H and O–H groups in total. The summed E-state index contributed by atoms with van der Waals surface area (Å²) in [6.07, 6.45) is 1.64. The van der Waals surface area contributed by atoms with Gasteiger partial charge in [0.1, 0.15) is 0 Å². The van der Waals surface area contributed by atoms with E-state index in [1.807, 2.05) is 30.3 Å². The average molecular weight is 371 g/mol. The van der Waals surface area contributed by atoms with Gasteiger partial charge in [0.15, 0.2) is 17.7 Å². The van der Waals surface area contributed by atoms with Crippen LogP contribution in [0.5, 0.6) is 5.75 Å². The van der Waals surface area contributed by atoms with E-state index >= 15 is 0 Å². The van der Waals surface area contributed by atoms with Crippen molar-refractivity contribution >= 4 is 18.0 Å². The highest BCUT2D eigenvalue weighted by Gasteiger charge is 2.20. The van der Waals surface area contributed by atoms with Gasteiger partial charge in [-0.2, -0.15) is 0 Å². The molecule has 0 aromatic heterocycles. The van der Waals surface area contributed by atoms with Crippen LogP contribution in [0.4, 0.5) is 4.39 Å². The molecule has 0 heterocycles. The number of esters is 1. The number of carbonyl (C=O) groups is 2. The van der Waals surface area contributed by atoms with Crippen LogP contribution in [0.15, 0.2) is 54.6 Å². The van der Waals surface area contributed by atoms with Crippen molar-refractivity contribution in [3.63, 3.8) is 0 Å². The number of hydrogen-bond acceptors (Lipinski definition) is 4. The van der Waals surface area contributed by atoms with E-state index < -0.39 is 17.9 Å². The van der Waals surface area contributed by atoms with Crippen molar-refractivity contribution in [2.24, 2.45) is 0 Å². The van der Waals surface area contributed by atoms with Gasteiger partial charge in [0.2, 0.25) is 0 Å². The van der Waals surface area contributed by atoms with Crippen molar-refractivity contribution in [3.8, 4) is 5.75 Å². The highest BCUT2D eigenvalue weighted by molar-refractivity contribution is 5.90. The summed E-state index contributed by atoms with van der Waals surface area (Å²) in [5, 5.41) is 0. The second-order valence-electron chi connectivity index (χ2n) is 5.99. The Hall–Kier alpha value is -3.15. The van der Waals surface area contributed by atoms with E-state index in [1.165, 1.54) is 37.1 Å². The number of methoxy groups -OCH3 is 1. The average Bonchev–Trinajstić information content (AvgIpc) is 2.66. The summed E-state index contributed by atoms with van der Waals surface area (Å²) in [5.74, 6) is -1.40. The summed E-state index contributed by atoms with van der Waals surface area (Å²) in [6, 6.07) is 13.8. The first-order chi connectivity index (χ1) is 12.9. The first-order valence-corrected chi connectivity index (χ1v) is 8.42. The highest BCUT2D eigenvalue weighted by Crippen LogP contribution is 2.18. The number of rotatable bonds is 7. The Labute approximate surface area is 158 Å². The normalized spacial score (nSPS) is 11.9. The minimum absolute atomic E-state index is 0.121. The second kappa shape index (κ2) is 9.52. The van der Waals surface area contributed by atoms with Crippen LogP contribution in [0, 0.1) is 5.82 Å². The zero-order chi connectivity index (χ0) is 19.8. The first kappa shape index (κ1) is 20.2. The quantitative estimate of drug-likeness (QED) is 0.553. The van der Waals surface area contributed by atoms with Crippen LogP contribution in [0.25, 0.3) is 6.08 Å². The smallest absolute Gasteiger partial charge is 0.331 e. The zero-order valence-corrected chi connectivity index (χ0v) is 15.5. The summed E-state index contributed by atoms with van der Waals surface area (Å²) in [5.41, 5.74) is 1.46. The number of nitrogens with zero attached hydrogens (tertiary/aromatic N) is 1. The van der Waals surface area contributed by atoms with E-state index in [0.717, 1.165) is 11.6 Å². The first-order valence-electron chi connectivity index (χ1n) is 8.42. The van der Waals surface area contributed by atoms with E-state index in [9.17, 15) is 14.0 Å². The van der Waals surface area contributed by atoms with E-state index in [0.29, 0.717) is 12.1 Å². The van der Waals surface area contributed by atoms with Gasteiger partial charge in [-0.25, -0.2) is 9.18 Å². The molecule has 0 radical (unpaired) electrons. The predicted molar refractivity (Wildman–Crippen MR) is 100 cm³/mol. The molecule has 0 aliphatic carbocycles.